The minimum atomic E-state index is -0.290. The van der Waals surface area contributed by atoms with Crippen LogP contribution in [0.2, 0.25) is 0 Å². The largest absolute Gasteiger partial charge is 0.484 e. The summed E-state index contributed by atoms with van der Waals surface area (Å²) < 4.78 is 11.4. The SMILES string of the molecule is O=C(COc1ccc(C2SCCS2)cc1)N/N=C\c1ccc(N2CCOCC2)cc1. The molecule has 158 valence electrons. The summed E-state index contributed by atoms with van der Waals surface area (Å²) in [6.45, 7) is 3.27. The number of carbonyl (C=O) groups excluding carboxylic acids is 1. The molecule has 2 aliphatic rings. The number of morpholine rings is 1. The number of benzene rings is 2. The van der Waals surface area contributed by atoms with Gasteiger partial charge in [-0.15, -0.1) is 23.5 Å². The van der Waals surface area contributed by atoms with Crippen LogP contribution in [0.3, 0.4) is 0 Å². The van der Waals surface area contributed by atoms with Crippen LogP contribution in [0.4, 0.5) is 5.69 Å². The number of anilines is 1. The fourth-order valence-corrected chi connectivity index (χ4v) is 6.08. The van der Waals surface area contributed by atoms with Crippen LogP contribution in [0.5, 0.6) is 5.75 Å². The number of hydrazone groups is 1. The van der Waals surface area contributed by atoms with Crippen molar-refractivity contribution in [3.05, 3.63) is 59.7 Å². The van der Waals surface area contributed by atoms with Gasteiger partial charge in [-0.2, -0.15) is 5.10 Å². The molecule has 6 nitrogen and oxygen atoms in total. The highest BCUT2D eigenvalue weighted by molar-refractivity contribution is 8.19. The molecule has 0 radical (unpaired) electrons. The zero-order valence-corrected chi connectivity index (χ0v) is 18.3. The average molecular weight is 444 g/mol. The number of rotatable bonds is 7. The third-order valence-electron chi connectivity index (χ3n) is 4.82. The lowest BCUT2D eigenvalue weighted by atomic mass is 10.2. The quantitative estimate of drug-likeness (QED) is 0.522. The van der Waals surface area contributed by atoms with Gasteiger partial charge >= 0.3 is 0 Å². The summed E-state index contributed by atoms with van der Waals surface area (Å²) in [7, 11) is 0. The number of ether oxygens (including phenoxy) is 2. The van der Waals surface area contributed by atoms with Crippen LogP contribution in [-0.2, 0) is 9.53 Å². The average Bonchev–Trinajstić information content (AvgIpc) is 3.34. The summed E-state index contributed by atoms with van der Waals surface area (Å²) in [6.07, 6.45) is 1.63. The first-order valence-corrected chi connectivity index (χ1v) is 12.1. The van der Waals surface area contributed by atoms with Crippen molar-refractivity contribution >= 4 is 41.3 Å². The molecule has 0 saturated carbocycles. The highest BCUT2D eigenvalue weighted by Gasteiger charge is 2.18. The normalized spacial score (nSPS) is 17.4. The first-order chi connectivity index (χ1) is 14.8. The van der Waals surface area contributed by atoms with Crippen LogP contribution >= 0.6 is 23.5 Å². The minimum Gasteiger partial charge on any atom is -0.484 e. The summed E-state index contributed by atoms with van der Waals surface area (Å²) in [5, 5.41) is 4.02. The fraction of sp³-hybridized carbons (Fsp3) is 0.364. The van der Waals surface area contributed by atoms with Gasteiger partial charge in [0.1, 0.15) is 5.75 Å². The summed E-state index contributed by atoms with van der Waals surface area (Å²) in [6, 6.07) is 16.1. The van der Waals surface area contributed by atoms with Crippen LogP contribution in [0.15, 0.2) is 53.6 Å². The first-order valence-electron chi connectivity index (χ1n) is 9.98. The molecule has 1 amide bonds. The monoisotopic (exact) mass is 443 g/mol. The molecule has 0 unspecified atom stereocenters. The first kappa shape index (κ1) is 21.1. The van der Waals surface area contributed by atoms with Gasteiger partial charge in [-0.25, -0.2) is 5.43 Å². The summed E-state index contributed by atoms with van der Waals surface area (Å²) in [5.41, 5.74) is 5.90. The van der Waals surface area contributed by atoms with Crippen LogP contribution in [-0.4, -0.2) is 56.5 Å². The third kappa shape index (κ3) is 5.93. The molecule has 0 aliphatic carbocycles. The number of carbonyl (C=O) groups is 1. The molecule has 0 aromatic heterocycles. The van der Waals surface area contributed by atoms with Crippen molar-refractivity contribution in [1.82, 2.24) is 5.43 Å². The Hall–Kier alpha value is -2.16. The van der Waals surface area contributed by atoms with Crippen LogP contribution in [0, 0.1) is 0 Å². The molecule has 0 atom stereocenters. The molecule has 2 fully saturated rings. The van der Waals surface area contributed by atoms with Crippen molar-refractivity contribution in [3.63, 3.8) is 0 Å². The van der Waals surface area contributed by atoms with Crippen molar-refractivity contribution in [1.29, 1.82) is 0 Å². The summed E-state index contributed by atoms with van der Waals surface area (Å²) in [5.74, 6) is 2.80. The predicted octanol–water partition coefficient (Wildman–Crippen LogP) is 3.53. The van der Waals surface area contributed by atoms with E-state index in [1.54, 1.807) is 6.21 Å². The Kier molecular flexibility index (Phi) is 7.55. The number of nitrogens with one attached hydrogen (secondary N) is 1. The highest BCUT2D eigenvalue weighted by Crippen LogP contribution is 2.45. The molecule has 4 rings (SSSR count). The van der Waals surface area contributed by atoms with Crippen LogP contribution in [0.1, 0.15) is 15.7 Å². The van der Waals surface area contributed by atoms with Gasteiger partial charge in [-0.05, 0) is 35.4 Å². The summed E-state index contributed by atoms with van der Waals surface area (Å²) >= 11 is 3.94. The van der Waals surface area contributed by atoms with E-state index in [1.165, 1.54) is 22.8 Å². The van der Waals surface area contributed by atoms with Gasteiger partial charge in [0.2, 0.25) is 0 Å². The van der Waals surface area contributed by atoms with Gasteiger partial charge < -0.3 is 14.4 Å². The van der Waals surface area contributed by atoms with E-state index in [9.17, 15) is 4.79 Å². The van der Waals surface area contributed by atoms with Gasteiger partial charge in [0.25, 0.3) is 5.91 Å². The molecule has 0 bridgehead atoms. The van der Waals surface area contributed by atoms with Gasteiger partial charge in [0, 0.05) is 30.3 Å². The second-order valence-corrected chi connectivity index (χ2v) is 9.64. The van der Waals surface area contributed by atoms with Gasteiger partial charge in [-0.1, -0.05) is 24.3 Å². The molecule has 2 aromatic carbocycles. The molecule has 0 spiro atoms. The molecule has 30 heavy (non-hydrogen) atoms. The van der Waals surface area contributed by atoms with E-state index in [-0.39, 0.29) is 12.5 Å². The van der Waals surface area contributed by atoms with Gasteiger partial charge in [-0.3, -0.25) is 4.79 Å². The molecule has 8 heteroatoms. The zero-order chi connectivity index (χ0) is 20.6. The van der Waals surface area contributed by atoms with Crippen molar-refractivity contribution in [2.45, 2.75) is 4.58 Å². The Morgan fingerprint density at radius 2 is 1.80 bits per heavy atom. The van der Waals surface area contributed by atoms with Crippen molar-refractivity contribution < 1.29 is 14.3 Å². The molecular formula is C22H25N3O3S2. The Morgan fingerprint density at radius 3 is 2.50 bits per heavy atom. The maximum absolute atomic E-state index is 12.0. The molecule has 1 N–H and O–H groups in total. The molecule has 2 aromatic rings. The van der Waals surface area contributed by atoms with E-state index in [4.69, 9.17) is 9.47 Å². The number of thioether (sulfide) groups is 2. The van der Waals surface area contributed by atoms with E-state index in [2.05, 4.69) is 39.7 Å². The van der Waals surface area contributed by atoms with E-state index in [1.807, 2.05) is 47.8 Å². The minimum absolute atomic E-state index is 0.0699. The lowest BCUT2D eigenvalue weighted by Crippen LogP contribution is -2.36. The lowest BCUT2D eigenvalue weighted by Gasteiger charge is -2.28. The van der Waals surface area contributed by atoms with E-state index in [0.717, 1.165) is 31.9 Å². The standard InChI is InChI=1S/C22H25N3O3S2/c26-21(16-28-20-7-3-18(4-8-20)22-29-13-14-30-22)24-23-15-17-1-5-19(6-2-17)25-9-11-27-12-10-25/h1-8,15,22H,9-14,16H2,(H,24,26)/b23-15-. The number of nitrogens with zero attached hydrogens (tertiary/aromatic N) is 2. The molecule has 2 aliphatic heterocycles. The van der Waals surface area contributed by atoms with Crippen LogP contribution < -0.4 is 15.1 Å². The van der Waals surface area contributed by atoms with Crippen molar-refractivity contribution in [2.75, 3.05) is 49.3 Å². The van der Waals surface area contributed by atoms with Gasteiger partial charge in [0.15, 0.2) is 6.61 Å². The van der Waals surface area contributed by atoms with Crippen molar-refractivity contribution in [3.8, 4) is 5.75 Å². The number of hydrogen-bond acceptors (Lipinski definition) is 7. The Bertz CT molecular complexity index is 847. The Morgan fingerprint density at radius 1 is 1.10 bits per heavy atom. The van der Waals surface area contributed by atoms with E-state index >= 15 is 0 Å². The zero-order valence-electron chi connectivity index (χ0n) is 16.7. The predicted molar refractivity (Wildman–Crippen MR) is 125 cm³/mol. The Labute approximate surface area is 185 Å². The lowest BCUT2D eigenvalue weighted by molar-refractivity contribution is -0.123. The van der Waals surface area contributed by atoms with E-state index < -0.39 is 0 Å². The topological polar surface area (TPSA) is 63.2 Å². The maximum atomic E-state index is 12.0. The van der Waals surface area contributed by atoms with Crippen molar-refractivity contribution in [2.24, 2.45) is 5.10 Å². The smallest absolute Gasteiger partial charge is 0.277 e. The second kappa shape index (κ2) is 10.7. The third-order valence-corrected chi connectivity index (χ3v) is 7.92. The van der Waals surface area contributed by atoms with E-state index in [0.29, 0.717) is 10.3 Å². The molecule has 2 saturated heterocycles. The second-order valence-electron chi connectivity index (χ2n) is 6.92. The molecule has 2 heterocycles. The fourth-order valence-electron chi connectivity index (χ4n) is 3.22. The maximum Gasteiger partial charge on any atom is 0.277 e. The summed E-state index contributed by atoms with van der Waals surface area (Å²) in [4.78, 5) is 14.3. The van der Waals surface area contributed by atoms with Gasteiger partial charge in [0.05, 0.1) is 24.0 Å². The highest BCUT2D eigenvalue weighted by atomic mass is 32.2. The number of amides is 1. The molecular weight excluding hydrogens is 418 g/mol. The van der Waals surface area contributed by atoms with Crippen LogP contribution in [0.25, 0.3) is 0 Å². The number of hydrogen-bond donors (Lipinski definition) is 1. The Balaban J connectivity index is 1.20.